The van der Waals surface area contributed by atoms with Gasteiger partial charge >= 0.3 is 0 Å². The van der Waals surface area contributed by atoms with E-state index < -0.39 is 0 Å². The molecule has 1 fully saturated rings. The number of nitrogens with zero attached hydrogens (tertiary/aromatic N) is 1. The van der Waals surface area contributed by atoms with E-state index in [1.807, 2.05) is 0 Å². The van der Waals surface area contributed by atoms with Gasteiger partial charge in [-0.3, -0.25) is 4.90 Å². The van der Waals surface area contributed by atoms with Gasteiger partial charge in [0.2, 0.25) is 0 Å². The van der Waals surface area contributed by atoms with E-state index in [9.17, 15) is 0 Å². The normalized spacial score (nSPS) is 23.8. The first-order valence-corrected chi connectivity index (χ1v) is 6.74. The Hall–Kier alpha value is -0.200. The van der Waals surface area contributed by atoms with Crippen LogP contribution in [0, 0.1) is 0 Å². The molecule has 1 rings (SSSR count). The molecular formula is C13H28N2O3. The van der Waals surface area contributed by atoms with Crippen molar-refractivity contribution in [2.24, 2.45) is 5.73 Å². The fourth-order valence-electron chi connectivity index (χ4n) is 2.71. The zero-order valence-corrected chi connectivity index (χ0v) is 12.1. The number of methoxy groups -OCH3 is 2. The van der Waals surface area contributed by atoms with Crippen molar-refractivity contribution in [2.45, 2.75) is 44.6 Å². The van der Waals surface area contributed by atoms with Crippen molar-refractivity contribution in [3.05, 3.63) is 0 Å². The van der Waals surface area contributed by atoms with Gasteiger partial charge in [-0.25, -0.2) is 0 Å². The number of likely N-dealkylation sites (N-methyl/N-ethyl adjacent to an activating group) is 1. The fraction of sp³-hybridized carbons (Fsp3) is 1.00. The SMILES string of the molecule is CCN(CC1CCCO1)C(C)(CN)C(OC)OC. The molecule has 5 nitrogen and oxygen atoms in total. The van der Waals surface area contributed by atoms with Crippen LogP contribution in [-0.2, 0) is 14.2 Å². The summed E-state index contributed by atoms with van der Waals surface area (Å²) in [6, 6.07) is 0. The average Bonchev–Trinajstić information content (AvgIpc) is 2.89. The van der Waals surface area contributed by atoms with Crippen LogP contribution in [0.15, 0.2) is 0 Å². The lowest BCUT2D eigenvalue weighted by molar-refractivity contribution is -0.184. The number of hydrogen-bond donors (Lipinski definition) is 1. The molecule has 0 aromatic rings. The molecule has 0 spiro atoms. The number of hydrogen-bond acceptors (Lipinski definition) is 5. The van der Waals surface area contributed by atoms with Crippen molar-refractivity contribution in [3.8, 4) is 0 Å². The van der Waals surface area contributed by atoms with E-state index in [0.29, 0.717) is 12.6 Å². The zero-order chi connectivity index (χ0) is 13.6. The molecule has 1 saturated heterocycles. The van der Waals surface area contributed by atoms with Crippen molar-refractivity contribution >= 4 is 0 Å². The van der Waals surface area contributed by atoms with Crippen LogP contribution in [0.5, 0.6) is 0 Å². The summed E-state index contributed by atoms with van der Waals surface area (Å²) in [6.45, 7) is 7.36. The largest absolute Gasteiger partial charge is 0.377 e. The van der Waals surface area contributed by atoms with Crippen LogP contribution in [0.3, 0.4) is 0 Å². The highest BCUT2D eigenvalue weighted by Gasteiger charge is 2.40. The van der Waals surface area contributed by atoms with Crippen molar-refractivity contribution in [1.29, 1.82) is 0 Å². The molecule has 0 bridgehead atoms. The lowest BCUT2D eigenvalue weighted by Crippen LogP contribution is -2.61. The Morgan fingerprint density at radius 2 is 2.11 bits per heavy atom. The van der Waals surface area contributed by atoms with Crippen LogP contribution >= 0.6 is 0 Å². The summed E-state index contributed by atoms with van der Waals surface area (Å²) in [5, 5.41) is 0. The second kappa shape index (κ2) is 7.40. The van der Waals surface area contributed by atoms with Gasteiger partial charge in [0, 0.05) is 33.9 Å². The molecule has 0 saturated carbocycles. The standard InChI is InChI=1S/C13H28N2O3/c1-5-15(9-11-7-6-8-18-11)13(2,10-14)12(16-3)17-4/h11-12H,5-10,14H2,1-4H3. The topological polar surface area (TPSA) is 57.0 Å². The Kier molecular flexibility index (Phi) is 6.52. The van der Waals surface area contributed by atoms with Gasteiger partial charge in [0.25, 0.3) is 0 Å². The number of ether oxygens (including phenoxy) is 3. The molecule has 2 N–H and O–H groups in total. The highest BCUT2D eigenvalue weighted by atomic mass is 16.7. The number of nitrogens with two attached hydrogens (primary N) is 1. The van der Waals surface area contributed by atoms with Gasteiger partial charge in [-0.05, 0) is 26.3 Å². The third-order valence-electron chi connectivity index (χ3n) is 3.90. The van der Waals surface area contributed by atoms with Crippen LogP contribution in [0.1, 0.15) is 26.7 Å². The third kappa shape index (κ3) is 3.42. The molecule has 1 aliphatic heterocycles. The summed E-state index contributed by atoms with van der Waals surface area (Å²) in [7, 11) is 3.31. The minimum Gasteiger partial charge on any atom is -0.377 e. The highest BCUT2D eigenvalue weighted by Crippen LogP contribution is 2.24. The van der Waals surface area contributed by atoms with E-state index in [4.69, 9.17) is 19.9 Å². The van der Waals surface area contributed by atoms with E-state index in [2.05, 4.69) is 18.7 Å². The lowest BCUT2D eigenvalue weighted by atomic mass is 9.98. The first kappa shape index (κ1) is 15.9. The Morgan fingerprint density at radius 3 is 2.50 bits per heavy atom. The Morgan fingerprint density at radius 1 is 1.44 bits per heavy atom. The first-order chi connectivity index (χ1) is 8.62. The molecule has 1 aliphatic rings. The van der Waals surface area contributed by atoms with Crippen molar-refractivity contribution in [1.82, 2.24) is 4.90 Å². The fourth-order valence-corrected chi connectivity index (χ4v) is 2.71. The van der Waals surface area contributed by atoms with E-state index >= 15 is 0 Å². The smallest absolute Gasteiger partial charge is 0.176 e. The van der Waals surface area contributed by atoms with Crippen molar-refractivity contribution < 1.29 is 14.2 Å². The van der Waals surface area contributed by atoms with Gasteiger partial charge in [0.15, 0.2) is 6.29 Å². The zero-order valence-electron chi connectivity index (χ0n) is 12.1. The van der Waals surface area contributed by atoms with Gasteiger partial charge in [-0.1, -0.05) is 6.92 Å². The maximum absolute atomic E-state index is 5.97. The monoisotopic (exact) mass is 260 g/mol. The lowest BCUT2D eigenvalue weighted by Gasteiger charge is -2.44. The molecule has 0 aromatic carbocycles. The summed E-state index contributed by atoms with van der Waals surface area (Å²) < 4.78 is 16.5. The van der Waals surface area contributed by atoms with Crippen LogP contribution in [0.25, 0.3) is 0 Å². The predicted molar refractivity (Wildman–Crippen MR) is 71.5 cm³/mol. The summed E-state index contributed by atoms with van der Waals surface area (Å²) in [5.41, 5.74) is 5.64. The molecular weight excluding hydrogens is 232 g/mol. The van der Waals surface area contributed by atoms with Gasteiger partial charge in [-0.15, -0.1) is 0 Å². The van der Waals surface area contributed by atoms with Crippen molar-refractivity contribution in [3.63, 3.8) is 0 Å². The van der Waals surface area contributed by atoms with E-state index in [-0.39, 0.29) is 11.8 Å². The highest BCUT2D eigenvalue weighted by molar-refractivity contribution is 4.92. The second-order valence-corrected chi connectivity index (χ2v) is 5.04. The van der Waals surface area contributed by atoms with E-state index in [1.165, 1.54) is 0 Å². The molecule has 0 aromatic heterocycles. The third-order valence-corrected chi connectivity index (χ3v) is 3.90. The predicted octanol–water partition coefficient (Wildman–Crippen LogP) is 0.824. The molecule has 0 radical (unpaired) electrons. The molecule has 5 heteroatoms. The van der Waals surface area contributed by atoms with Crippen molar-refractivity contribution in [2.75, 3.05) is 40.5 Å². The molecule has 0 aliphatic carbocycles. The Balaban J connectivity index is 2.73. The Bertz CT molecular complexity index is 230. The van der Waals surface area contributed by atoms with Gasteiger partial charge in [0.05, 0.1) is 11.6 Å². The maximum atomic E-state index is 5.97. The molecule has 2 unspecified atom stereocenters. The van der Waals surface area contributed by atoms with Crippen LogP contribution < -0.4 is 5.73 Å². The average molecular weight is 260 g/mol. The molecule has 2 atom stereocenters. The molecule has 108 valence electrons. The molecule has 0 amide bonds. The summed E-state index contributed by atoms with van der Waals surface area (Å²) in [6.07, 6.45) is 2.26. The van der Waals surface area contributed by atoms with Crippen LogP contribution in [-0.4, -0.2) is 63.3 Å². The Labute approximate surface area is 111 Å². The van der Waals surface area contributed by atoms with Crippen LogP contribution in [0.2, 0.25) is 0 Å². The molecule has 18 heavy (non-hydrogen) atoms. The minimum absolute atomic E-state index is 0.310. The summed E-state index contributed by atoms with van der Waals surface area (Å²) in [5.74, 6) is 0. The van der Waals surface area contributed by atoms with E-state index in [0.717, 1.165) is 32.5 Å². The summed E-state index contributed by atoms with van der Waals surface area (Å²) >= 11 is 0. The van der Waals surface area contributed by atoms with Gasteiger partial charge in [-0.2, -0.15) is 0 Å². The van der Waals surface area contributed by atoms with Crippen LogP contribution in [0.4, 0.5) is 0 Å². The van der Waals surface area contributed by atoms with Gasteiger partial charge in [0.1, 0.15) is 0 Å². The first-order valence-electron chi connectivity index (χ1n) is 6.74. The van der Waals surface area contributed by atoms with Gasteiger partial charge < -0.3 is 19.9 Å². The quantitative estimate of drug-likeness (QED) is 0.655. The number of rotatable bonds is 8. The molecule has 1 heterocycles. The summed E-state index contributed by atoms with van der Waals surface area (Å²) in [4.78, 5) is 2.31. The second-order valence-electron chi connectivity index (χ2n) is 5.04. The maximum Gasteiger partial charge on any atom is 0.176 e. The minimum atomic E-state index is -0.330. The van der Waals surface area contributed by atoms with E-state index in [1.54, 1.807) is 14.2 Å².